The first kappa shape index (κ1) is 23.5. The van der Waals surface area contributed by atoms with Crippen molar-refractivity contribution in [2.45, 2.75) is 0 Å². The minimum absolute atomic E-state index is 0. The molecule has 6 aromatic rings. The number of rotatable bonds is 4. The van der Waals surface area contributed by atoms with Crippen molar-refractivity contribution >= 4 is 10.9 Å². The van der Waals surface area contributed by atoms with E-state index in [1.54, 1.807) is 6.20 Å². The topological polar surface area (TPSA) is 63.0 Å². The van der Waals surface area contributed by atoms with Gasteiger partial charge in [0.05, 0.1) is 11.4 Å². The van der Waals surface area contributed by atoms with Gasteiger partial charge in [-0.15, -0.1) is 0 Å². The van der Waals surface area contributed by atoms with Gasteiger partial charge in [-0.1, -0.05) is 91.0 Å². The summed E-state index contributed by atoms with van der Waals surface area (Å²) in [5, 5.41) is 13.9. The van der Waals surface area contributed by atoms with Crippen LogP contribution in [0.4, 0.5) is 0 Å². The number of hydrogen-bond donors (Lipinski definition) is 0. The molecule has 166 valence electrons. The molecule has 36 heavy (non-hydrogen) atoms. The molecule has 0 saturated heterocycles. The Hall–Kier alpha value is -4.23. The van der Waals surface area contributed by atoms with E-state index in [0.29, 0.717) is 16.9 Å². The molecule has 2 heterocycles. The van der Waals surface area contributed by atoms with E-state index in [0.717, 1.165) is 39.0 Å². The number of fused-ring (bicyclic) bond motifs is 1. The second-order valence-corrected chi connectivity index (χ2v) is 8.35. The Labute approximate surface area is 221 Å². The zero-order valence-corrected chi connectivity index (χ0v) is 19.8. The molecule has 0 unspecified atom stereocenters. The Bertz CT molecular complexity index is 1580. The molecule has 0 radical (unpaired) electrons. The van der Waals surface area contributed by atoms with Crippen molar-refractivity contribution in [3.05, 3.63) is 121 Å². The maximum atomic E-state index is 13.0. The van der Waals surface area contributed by atoms with Crippen molar-refractivity contribution in [2.75, 3.05) is 0 Å². The second-order valence-electron chi connectivity index (χ2n) is 8.35. The van der Waals surface area contributed by atoms with Crippen molar-refractivity contribution in [1.82, 2.24) is 9.97 Å². The smallest absolute Gasteiger partial charge is 0.868 e. The van der Waals surface area contributed by atoms with Crippen LogP contribution >= 0.6 is 0 Å². The SMILES string of the molecule is [Li+].[O-]c1c(-c2ccc(-c3cc(-c4ccccc4)nc(-c4ccccc4)n3)cc2)ccc2ccc[nH+]c12. The zero-order valence-electron chi connectivity index (χ0n) is 19.8. The quantitative estimate of drug-likeness (QED) is 0.381. The van der Waals surface area contributed by atoms with E-state index in [-0.39, 0.29) is 24.6 Å². The van der Waals surface area contributed by atoms with Gasteiger partial charge in [-0.3, -0.25) is 0 Å². The van der Waals surface area contributed by atoms with Crippen molar-refractivity contribution in [2.24, 2.45) is 0 Å². The molecule has 5 heteroatoms. The van der Waals surface area contributed by atoms with Crippen molar-refractivity contribution < 1.29 is 29.0 Å². The van der Waals surface area contributed by atoms with Gasteiger partial charge < -0.3 is 5.11 Å². The molecule has 0 aliphatic carbocycles. The first-order valence-electron chi connectivity index (χ1n) is 11.5. The Balaban J connectivity index is 0.00000267. The Morgan fingerprint density at radius 3 is 1.81 bits per heavy atom. The molecule has 2 aromatic heterocycles. The number of pyridine rings is 1. The second kappa shape index (κ2) is 10.2. The first-order valence-corrected chi connectivity index (χ1v) is 11.5. The largest absolute Gasteiger partial charge is 1.00 e. The number of benzene rings is 4. The molecular formula is C31H21LiN3O+. The normalized spacial score (nSPS) is 10.7. The van der Waals surface area contributed by atoms with Crippen LogP contribution in [-0.2, 0) is 0 Å². The summed E-state index contributed by atoms with van der Waals surface area (Å²) in [6.45, 7) is 0. The van der Waals surface area contributed by atoms with Gasteiger partial charge in [-0.05, 0) is 35.1 Å². The Morgan fingerprint density at radius 2 is 1.14 bits per heavy atom. The van der Waals surface area contributed by atoms with E-state index in [2.05, 4.69) is 17.1 Å². The summed E-state index contributed by atoms with van der Waals surface area (Å²) < 4.78 is 0. The first-order chi connectivity index (χ1) is 17.3. The van der Waals surface area contributed by atoms with E-state index in [1.807, 2.05) is 103 Å². The minimum Gasteiger partial charge on any atom is -0.868 e. The number of nitrogens with one attached hydrogen (secondary N) is 1. The summed E-state index contributed by atoms with van der Waals surface area (Å²) in [5.74, 6) is 0.675. The van der Waals surface area contributed by atoms with Gasteiger partial charge in [0.2, 0.25) is 5.52 Å². The van der Waals surface area contributed by atoms with Crippen LogP contribution in [0.15, 0.2) is 121 Å². The number of H-pyrrole nitrogens is 1. The van der Waals surface area contributed by atoms with Gasteiger partial charge in [0.1, 0.15) is 0 Å². The van der Waals surface area contributed by atoms with Gasteiger partial charge >= 0.3 is 18.9 Å². The fraction of sp³-hybridized carbons (Fsp3) is 0. The van der Waals surface area contributed by atoms with Crippen LogP contribution in [-0.4, -0.2) is 9.97 Å². The van der Waals surface area contributed by atoms with Crippen LogP contribution in [0.25, 0.3) is 55.9 Å². The van der Waals surface area contributed by atoms with Crippen molar-refractivity contribution in [3.63, 3.8) is 0 Å². The monoisotopic (exact) mass is 458 g/mol. The van der Waals surface area contributed by atoms with E-state index in [9.17, 15) is 5.11 Å². The molecule has 6 rings (SSSR count). The molecule has 1 N–H and O–H groups in total. The fourth-order valence-corrected chi connectivity index (χ4v) is 4.28. The van der Waals surface area contributed by atoms with Gasteiger partial charge in [0, 0.05) is 28.1 Å². The molecule has 0 fully saturated rings. The van der Waals surface area contributed by atoms with Gasteiger partial charge in [0.25, 0.3) is 0 Å². The van der Waals surface area contributed by atoms with Crippen LogP contribution in [0.2, 0.25) is 0 Å². The van der Waals surface area contributed by atoms with Crippen LogP contribution in [0, 0.1) is 0 Å². The molecule has 0 aliphatic heterocycles. The molecule has 0 spiro atoms. The molecule has 0 atom stereocenters. The van der Waals surface area contributed by atoms with Crippen LogP contribution in [0.1, 0.15) is 0 Å². The van der Waals surface area contributed by atoms with Gasteiger partial charge in [-0.2, -0.15) is 0 Å². The molecule has 4 aromatic carbocycles. The van der Waals surface area contributed by atoms with E-state index < -0.39 is 0 Å². The molecule has 0 saturated carbocycles. The molecular weight excluding hydrogens is 437 g/mol. The van der Waals surface area contributed by atoms with Crippen molar-refractivity contribution in [3.8, 4) is 50.8 Å². The van der Waals surface area contributed by atoms with Crippen molar-refractivity contribution in [1.29, 1.82) is 0 Å². The summed E-state index contributed by atoms with van der Waals surface area (Å²) in [7, 11) is 0. The predicted octanol–water partition coefficient (Wildman–Crippen LogP) is 3.19. The minimum atomic E-state index is -0.00406. The third-order valence-electron chi connectivity index (χ3n) is 6.11. The van der Waals surface area contributed by atoms with Gasteiger partial charge in [-0.25, -0.2) is 15.0 Å². The third-order valence-corrected chi connectivity index (χ3v) is 6.11. The standard InChI is InChI=1S/C31H21N3O.Li/c35-30-26(18-17-24-12-7-19-32-29(24)30)21-13-15-23(16-14-21)28-20-27(22-8-3-1-4-9-22)33-31(34-28)25-10-5-2-6-11-25;/h1-20,35H;/q;+1. The number of aromatic amines is 1. The van der Waals surface area contributed by atoms with Crippen LogP contribution in [0.5, 0.6) is 5.75 Å². The summed E-state index contributed by atoms with van der Waals surface area (Å²) in [6.07, 6.45) is 1.78. The Kier molecular flexibility index (Phi) is 6.64. The third kappa shape index (κ3) is 4.53. The van der Waals surface area contributed by atoms with E-state index in [1.165, 1.54) is 0 Å². The molecule has 4 nitrogen and oxygen atoms in total. The summed E-state index contributed by atoms with van der Waals surface area (Å²) in [6, 6.07) is 37.8. The van der Waals surface area contributed by atoms with Crippen LogP contribution in [0.3, 0.4) is 0 Å². The maximum Gasteiger partial charge on any atom is 1.00 e. The summed E-state index contributed by atoms with van der Waals surface area (Å²) in [5.41, 5.74) is 6.82. The number of hydrogen-bond acceptors (Lipinski definition) is 3. The van der Waals surface area contributed by atoms with E-state index in [4.69, 9.17) is 9.97 Å². The van der Waals surface area contributed by atoms with E-state index >= 15 is 0 Å². The average Bonchev–Trinajstić information content (AvgIpc) is 2.94. The van der Waals surface area contributed by atoms with Crippen LogP contribution < -0.4 is 29.0 Å². The van der Waals surface area contributed by atoms with Gasteiger partial charge in [0.15, 0.2) is 12.0 Å². The summed E-state index contributed by atoms with van der Waals surface area (Å²) in [4.78, 5) is 12.8. The number of aromatic nitrogens is 3. The predicted molar refractivity (Wildman–Crippen MR) is 137 cm³/mol. The summed E-state index contributed by atoms with van der Waals surface area (Å²) >= 11 is 0. The maximum absolute atomic E-state index is 13.0. The zero-order chi connectivity index (χ0) is 23.6. The fourth-order valence-electron chi connectivity index (χ4n) is 4.28. The number of nitrogens with zero attached hydrogens (tertiary/aromatic N) is 2. The molecule has 0 bridgehead atoms. The molecule has 0 aliphatic rings. The average molecular weight is 458 g/mol. The molecule has 0 amide bonds. The Morgan fingerprint density at radius 1 is 0.556 bits per heavy atom.